The Balaban J connectivity index is 1.96. The molecule has 2 aromatic rings. The molecule has 1 N–H and O–H groups in total. The van der Waals surface area contributed by atoms with Gasteiger partial charge in [-0.15, -0.1) is 0 Å². The van der Waals surface area contributed by atoms with Crippen LogP contribution in [0.15, 0.2) is 42.5 Å². The number of carbonyl (C=O) groups is 1. The molecule has 0 fully saturated rings. The summed E-state index contributed by atoms with van der Waals surface area (Å²) >= 11 is 0. The van der Waals surface area contributed by atoms with Crippen LogP contribution >= 0.6 is 0 Å². The molecular weight excluding hydrogens is 299 g/mol. The highest BCUT2D eigenvalue weighted by molar-refractivity contribution is 5.91. The largest absolute Gasteiger partial charge is 0.323 e. The van der Waals surface area contributed by atoms with E-state index in [2.05, 4.69) is 12.2 Å². The van der Waals surface area contributed by atoms with Crippen LogP contribution < -0.4 is 5.32 Å². The Morgan fingerprint density at radius 3 is 2.43 bits per heavy atom. The molecule has 120 valence electrons. The summed E-state index contributed by atoms with van der Waals surface area (Å²) in [6.45, 7) is 2.07. The molecule has 6 heteroatoms. The van der Waals surface area contributed by atoms with Gasteiger partial charge in [-0.25, -0.2) is 4.39 Å². The number of hydrogen-bond donors (Lipinski definition) is 1. The van der Waals surface area contributed by atoms with Crippen LogP contribution in [0, 0.1) is 15.9 Å². The maximum Gasteiger partial charge on any atom is 0.271 e. The van der Waals surface area contributed by atoms with E-state index in [0.717, 1.165) is 30.2 Å². The molecule has 23 heavy (non-hydrogen) atoms. The van der Waals surface area contributed by atoms with Gasteiger partial charge in [-0.1, -0.05) is 31.2 Å². The third-order valence-electron chi connectivity index (χ3n) is 3.51. The molecule has 0 atom stereocenters. The summed E-state index contributed by atoms with van der Waals surface area (Å²) in [5.41, 5.74) is 1.79. The van der Waals surface area contributed by atoms with Crippen LogP contribution in [-0.4, -0.2) is 10.8 Å². The number of non-ortho nitro benzene ring substituents is 1. The molecule has 0 heterocycles. The topological polar surface area (TPSA) is 72.2 Å². The lowest BCUT2D eigenvalue weighted by Crippen LogP contribution is -2.13. The van der Waals surface area contributed by atoms with E-state index in [0.29, 0.717) is 6.42 Å². The zero-order chi connectivity index (χ0) is 16.8. The van der Waals surface area contributed by atoms with Crippen molar-refractivity contribution < 1.29 is 14.1 Å². The third kappa shape index (κ3) is 4.60. The Hall–Kier alpha value is -2.76. The summed E-state index contributed by atoms with van der Waals surface area (Å²) in [7, 11) is 0. The molecule has 1 amide bonds. The highest BCUT2D eigenvalue weighted by Crippen LogP contribution is 2.21. The van der Waals surface area contributed by atoms with Crippen LogP contribution in [0.1, 0.15) is 24.5 Å². The van der Waals surface area contributed by atoms with Crippen LogP contribution in [0.25, 0.3) is 0 Å². The highest BCUT2D eigenvalue weighted by Gasteiger charge is 2.13. The predicted octanol–water partition coefficient (Wildman–Crippen LogP) is 3.87. The van der Waals surface area contributed by atoms with Crippen LogP contribution in [0.5, 0.6) is 0 Å². The summed E-state index contributed by atoms with van der Waals surface area (Å²) < 4.78 is 13.6. The van der Waals surface area contributed by atoms with Crippen LogP contribution in [0.2, 0.25) is 0 Å². The SMILES string of the molecule is CCc1ccc(CCC(=O)Nc2cc([N+](=O)[O-])ccc2F)cc1. The van der Waals surface area contributed by atoms with Gasteiger partial charge in [-0.2, -0.15) is 0 Å². The van der Waals surface area contributed by atoms with Gasteiger partial charge in [0.25, 0.3) is 5.69 Å². The summed E-state index contributed by atoms with van der Waals surface area (Å²) in [5, 5.41) is 13.1. The fourth-order valence-electron chi connectivity index (χ4n) is 2.13. The Morgan fingerprint density at radius 1 is 1.17 bits per heavy atom. The van der Waals surface area contributed by atoms with Gasteiger partial charge < -0.3 is 5.32 Å². The maximum atomic E-state index is 13.6. The van der Waals surface area contributed by atoms with Crippen molar-refractivity contribution in [1.82, 2.24) is 0 Å². The van der Waals surface area contributed by atoms with E-state index in [1.807, 2.05) is 24.3 Å². The van der Waals surface area contributed by atoms with Crippen LogP contribution in [0.4, 0.5) is 15.8 Å². The molecule has 0 aliphatic carbocycles. The first-order valence-corrected chi connectivity index (χ1v) is 7.31. The lowest BCUT2D eigenvalue weighted by atomic mass is 10.1. The number of amides is 1. The average Bonchev–Trinajstić information content (AvgIpc) is 2.55. The number of nitro groups is 1. The molecule has 0 saturated heterocycles. The standard InChI is InChI=1S/C17H17FN2O3/c1-2-12-3-5-13(6-4-12)7-10-17(21)19-16-11-14(20(22)23)8-9-15(16)18/h3-6,8-9,11H,2,7,10H2,1H3,(H,19,21). The van der Waals surface area contributed by atoms with Crippen molar-refractivity contribution in [1.29, 1.82) is 0 Å². The number of rotatable bonds is 6. The van der Waals surface area contributed by atoms with Crippen molar-refractivity contribution in [2.45, 2.75) is 26.2 Å². The van der Waals surface area contributed by atoms with Gasteiger partial charge in [0.05, 0.1) is 10.6 Å². The number of aryl methyl sites for hydroxylation is 2. The Morgan fingerprint density at radius 2 is 1.83 bits per heavy atom. The highest BCUT2D eigenvalue weighted by atomic mass is 19.1. The van der Waals surface area contributed by atoms with Crippen molar-refractivity contribution in [3.63, 3.8) is 0 Å². The van der Waals surface area contributed by atoms with Gasteiger partial charge in [-0.05, 0) is 30.0 Å². The molecule has 0 aliphatic heterocycles. The van der Waals surface area contributed by atoms with Gasteiger partial charge in [-0.3, -0.25) is 14.9 Å². The maximum absolute atomic E-state index is 13.6. The monoisotopic (exact) mass is 316 g/mol. The first kappa shape index (κ1) is 16.6. The minimum atomic E-state index is -0.698. The number of nitrogens with zero attached hydrogens (tertiary/aromatic N) is 1. The second kappa shape index (κ2) is 7.49. The molecule has 0 aliphatic rings. The van der Waals surface area contributed by atoms with E-state index in [9.17, 15) is 19.3 Å². The van der Waals surface area contributed by atoms with E-state index in [1.54, 1.807) is 0 Å². The van der Waals surface area contributed by atoms with Crippen molar-refractivity contribution in [3.05, 3.63) is 69.5 Å². The summed E-state index contributed by atoms with van der Waals surface area (Å²) in [6.07, 6.45) is 1.65. The average molecular weight is 316 g/mol. The number of carbonyl (C=O) groups excluding carboxylic acids is 1. The summed E-state index contributed by atoms with van der Waals surface area (Å²) in [6, 6.07) is 11.0. The molecule has 0 spiro atoms. The molecule has 0 saturated carbocycles. The molecule has 5 nitrogen and oxygen atoms in total. The van der Waals surface area contributed by atoms with Crippen molar-refractivity contribution in [2.24, 2.45) is 0 Å². The van der Waals surface area contributed by atoms with Gasteiger partial charge in [0.15, 0.2) is 0 Å². The Labute approximate surface area is 133 Å². The van der Waals surface area contributed by atoms with Gasteiger partial charge in [0.1, 0.15) is 5.82 Å². The van der Waals surface area contributed by atoms with Crippen molar-refractivity contribution in [3.8, 4) is 0 Å². The molecule has 0 aromatic heterocycles. The molecule has 0 bridgehead atoms. The minimum absolute atomic E-state index is 0.174. The smallest absolute Gasteiger partial charge is 0.271 e. The Kier molecular flexibility index (Phi) is 5.41. The number of nitrogens with one attached hydrogen (secondary N) is 1. The molecule has 0 unspecified atom stereocenters. The summed E-state index contributed by atoms with van der Waals surface area (Å²) in [4.78, 5) is 21.9. The number of benzene rings is 2. The fourth-order valence-corrected chi connectivity index (χ4v) is 2.13. The van der Waals surface area contributed by atoms with E-state index in [4.69, 9.17) is 0 Å². The first-order chi connectivity index (χ1) is 11.0. The minimum Gasteiger partial charge on any atom is -0.323 e. The van der Waals surface area contributed by atoms with Crippen molar-refractivity contribution >= 4 is 17.3 Å². The number of nitro benzene ring substituents is 1. The third-order valence-corrected chi connectivity index (χ3v) is 3.51. The van der Waals surface area contributed by atoms with Crippen LogP contribution in [0.3, 0.4) is 0 Å². The van der Waals surface area contributed by atoms with Gasteiger partial charge in [0, 0.05) is 18.6 Å². The van der Waals surface area contributed by atoms with E-state index >= 15 is 0 Å². The zero-order valence-corrected chi connectivity index (χ0v) is 12.7. The lowest BCUT2D eigenvalue weighted by molar-refractivity contribution is -0.384. The van der Waals surface area contributed by atoms with E-state index < -0.39 is 10.7 Å². The predicted molar refractivity (Wildman–Crippen MR) is 85.8 cm³/mol. The second-order valence-electron chi connectivity index (χ2n) is 5.14. The zero-order valence-electron chi connectivity index (χ0n) is 12.7. The van der Waals surface area contributed by atoms with E-state index in [-0.39, 0.29) is 23.7 Å². The van der Waals surface area contributed by atoms with E-state index in [1.165, 1.54) is 5.56 Å². The number of hydrogen-bond acceptors (Lipinski definition) is 3. The normalized spacial score (nSPS) is 10.3. The lowest BCUT2D eigenvalue weighted by Gasteiger charge is -2.07. The molecular formula is C17H17FN2O3. The molecule has 0 radical (unpaired) electrons. The molecule has 2 rings (SSSR count). The Bertz CT molecular complexity index is 714. The second-order valence-corrected chi connectivity index (χ2v) is 5.14. The molecule has 2 aromatic carbocycles. The summed E-state index contributed by atoms with van der Waals surface area (Å²) in [5.74, 6) is -1.08. The van der Waals surface area contributed by atoms with Gasteiger partial charge in [0.2, 0.25) is 5.91 Å². The number of anilines is 1. The first-order valence-electron chi connectivity index (χ1n) is 7.31. The fraction of sp³-hybridized carbons (Fsp3) is 0.235. The van der Waals surface area contributed by atoms with Gasteiger partial charge >= 0.3 is 0 Å². The van der Waals surface area contributed by atoms with Crippen molar-refractivity contribution in [2.75, 3.05) is 5.32 Å². The quantitative estimate of drug-likeness (QED) is 0.649. The van der Waals surface area contributed by atoms with Crippen LogP contribution in [-0.2, 0) is 17.6 Å². The number of halogens is 1.